The van der Waals surface area contributed by atoms with Crippen LogP contribution in [0.1, 0.15) is 39.5 Å². The van der Waals surface area contributed by atoms with E-state index in [0.717, 1.165) is 12.5 Å². The second-order valence-corrected chi connectivity index (χ2v) is 6.55. The highest BCUT2D eigenvalue weighted by molar-refractivity contribution is 4.88. The molecule has 2 aliphatic rings. The number of aliphatic hydroxyl groups excluding tert-OH is 1. The Bertz CT molecular complexity index is 241. The Morgan fingerprint density at radius 1 is 1.06 bits per heavy atom. The van der Waals surface area contributed by atoms with Crippen LogP contribution < -0.4 is 0 Å². The largest absolute Gasteiger partial charge is 0.396 e. The fourth-order valence-electron chi connectivity index (χ4n) is 3.48. The minimum absolute atomic E-state index is 0.209. The molecule has 1 saturated heterocycles. The number of piperazine rings is 1. The van der Waals surface area contributed by atoms with Crippen LogP contribution in [0, 0.1) is 11.3 Å². The number of hydrogen-bond acceptors (Lipinski definition) is 3. The van der Waals surface area contributed by atoms with Crippen LogP contribution in [0.5, 0.6) is 0 Å². The lowest BCUT2D eigenvalue weighted by Gasteiger charge is -2.44. The zero-order valence-corrected chi connectivity index (χ0v) is 12.2. The van der Waals surface area contributed by atoms with Gasteiger partial charge in [0.2, 0.25) is 0 Å². The van der Waals surface area contributed by atoms with Gasteiger partial charge in [0.25, 0.3) is 0 Å². The zero-order chi connectivity index (χ0) is 13.0. The van der Waals surface area contributed by atoms with Gasteiger partial charge in [-0.2, -0.15) is 0 Å². The molecule has 1 aliphatic carbocycles. The highest BCUT2D eigenvalue weighted by atomic mass is 16.3. The summed E-state index contributed by atoms with van der Waals surface area (Å²) in [6, 6.07) is 0. The molecule has 2 fully saturated rings. The molecular formula is C15H30N2O. The standard InChI is InChI=1S/C15H30N2O/c1-3-16-8-10-17(11-9-16)12-15(13-18)6-4-14(2)5-7-15/h14,18H,3-13H2,1-2H3. The molecule has 1 saturated carbocycles. The summed E-state index contributed by atoms with van der Waals surface area (Å²) in [5.74, 6) is 0.863. The van der Waals surface area contributed by atoms with Crippen LogP contribution >= 0.6 is 0 Å². The van der Waals surface area contributed by atoms with E-state index in [1.54, 1.807) is 0 Å². The van der Waals surface area contributed by atoms with Gasteiger partial charge < -0.3 is 14.9 Å². The van der Waals surface area contributed by atoms with Crippen LogP contribution in [-0.2, 0) is 0 Å². The summed E-state index contributed by atoms with van der Waals surface area (Å²) in [7, 11) is 0. The van der Waals surface area contributed by atoms with Crippen molar-refractivity contribution in [2.24, 2.45) is 11.3 Å². The van der Waals surface area contributed by atoms with Crippen molar-refractivity contribution in [1.82, 2.24) is 9.80 Å². The van der Waals surface area contributed by atoms with Gasteiger partial charge in [-0.25, -0.2) is 0 Å². The summed E-state index contributed by atoms with van der Waals surface area (Å²) in [5, 5.41) is 9.82. The van der Waals surface area contributed by atoms with Gasteiger partial charge in [0.15, 0.2) is 0 Å². The van der Waals surface area contributed by atoms with E-state index >= 15 is 0 Å². The Morgan fingerprint density at radius 2 is 1.61 bits per heavy atom. The summed E-state index contributed by atoms with van der Waals surface area (Å²) >= 11 is 0. The van der Waals surface area contributed by atoms with Crippen molar-refractivity contribution in [2.45, 2.75) is 39.5 Å². The van der Waals surface area contributed by atoms with Crippen LogP contribution in [0.2, 0.25) is 0 Å². The van der Waals surface area contributed by atoms with E-state index in [4.69, 9.17) is 0 Å². The molecule has 3 heteroatoms. The van der Waals surface area contributed by atoms with Gasteiger partial charge in [0.05, 0.1) is 0 Å². The van der Waals surface area contributed by atoms with Gasteiger partial charge in [-0.3, -0.25) is 0 Å². The third kappa shape index (κ3) is 3.46. The average molecular weight is 254 g/mol. The number of rotatable bonds is 4. The van der Waals surface area contributed by atoms with Gasteiger partial charge in [-0.05, 0) is 25.3 Å². The molecule has 0 amide bonds. The Balaban J connectivity index is 1.83. The van der Waals surface area contributed by atoms with Crippen LogP contribution in [0.15, 0.2) is 0 Å². The quantitative estimate of drug-likeness (QED) is 0.829. The first kappa shape index (κ1) is 14.3. The maximum absolute atomic E-state index is 9.82. The molecule has 0 unspecified atom stereocenters. The van der Waals surface area contributed by atoms with Gasteiger partial charge in [-0.1, -0.05) is 26.7 Å². The fourth-order valence-corrected chi connectivity index (χ4v) is 3.48. The molecule has 0 radical (unpaired) electrons. The first-order valence-corrected chi connectivity index (χ1v) is 7.73. The summed E-state index contributed by atoms with van der Waals surface area (Å²) in [6.45, 7) is 12.0. The van der Waals surface area contributed by atoms with Gasteiger partial charge in [0.1, 0.15) is 0 Å². The Kier molecular flexibility index (Phi) is 5.05. The lowest BCUT2D eigenvalue weighted by Crippen LogP contribution is -2.51. The van der Waals surface area contributed by atoms with Crippen molar-refractivity contribution in [1.29, 1.82) is 0 Å². The topological polar surface area (TPSA) is 26.7 Å². The molecule has 0 aromatic rings. The minimum Gasteiger partial charge on any atom is -0.396 e. The lowest BCUT2D eigenvalue weighted by atomic mass is 9.71. The SMILES string of the molecule is CCN1CCN(CC2(CO)CCC(C)CC2)CC1. The third-order valence-corrected chi connectivity index (χ3v) is 5.14. The molecule has 3 nitrogen and oxygen atoms in total. The highest BCUT2D eigenvalue weighted by Gasteiger charge is 2.35. The summed E-state index contributed by atoms with van der Waals surface area (Å²) < 4.78 is 0. The van der Waals surface area contributed by atoms with Crippen molar-refractivity contribution >= 4 is 0 Å². The second-order valence-electron chi connectivity index (χ2n) is 6.55. The molecule has 2 rings (SSSR count). The normalized spacial score (nSPS) is 35.8. The number of hydrogen-bond donors (Lipinski definition) is 1. The zero-order valence-electron chi connectivity index (χ0n) is 12.2. The lowest BCUT2D eigenvalue weighted by molar-refractivity contribution is 0.0137. The van der Waals surface area contributed by atoms with Crippen molar-refractivity contribution in [2.75, 3.05) is 45.9 Å². The van der Waals surface area contributed by atoms with Crippen molar-refractivity contribution in [3.05, 3.63) is 0 Å². The van der Waals surface area contributed by atoms with Crippen molar-refractivity contribution in [3.8, 4) is 0 Å². The number of nitrogens with zero attached hydrogens (tertiary/aromatic N) is 2. The maximum Gasteiger partial charge on any atom is 0.0499 e. The number of aliphatic hydroxyl groups is 1. The van der Waals surface area contributed by atoms with E-state index in [1.807, 2.05) is 0 Å². The summed E-state index contributed by atoms with van der Waals surface area (Å²) in [6.07, 6.45) is 5.04. The maximum atomic E-state index is 9.82. The van der Waals surface area contributed by atoms with Gasteiger partial charge >= 0.3 is 0 Å². The van der Waals surface area contributed by atoms with E-state index in [-0.39, 0.29) is 5.41 Å². The summed E-state index contributed by atoms with van der Waals surface area (Å²) in [4.78, 5) is 5.10. The van der Waals surface area contributed by atoms with Crippen LogP contribution in [0.25, 0.3) is 0 Å². The average Bonchev–Trinajstić information content (AvgIpc) is 2.43. The minimum atomic E-state index is 0.209. The Hall–Kier alpha value is -0.120. The molecule has 106 valence electrons. The van der Waals surface area contributed by atoms with E-state index < -0.39 is 0 Å². The predicted octanol–water partition coefficient (Wildman–Crippen LogP) is 1.81. The molecular weight excluding hydrogens is 224 g/mol. The molecule has 0 aromatic carbocycles. The second kappa shape index (κ2) is 6.36. The van der Waals surface area contributed by atoms with Gasteiger partial charge in [-0.15, -0.1) is 0 Å². The smallest absolute Gasteiger partial charge is 0.0499 e. The third-order valence-electron chi connectivity index (χ3n) is 5.14. The van der Waals surface area contributed by atoms with E-state index in [1.165, 1.54) is 58.4 Å². The highest BCUT2D eigenvalue weighted by Crippen LogP contribution is 2.39. The number of likely N-dealkylation sites (N-methyl/N-ethyl adjacent to an activating group) is 1. The van der Waals surface area contributed by atoms with Crippen LogP contribution in [0.3, 0.4) is 0 Å². The van der Waals surface area contributed by atoms with Crippen molar-refractivity contribution < 1.29 is 5.11 Å². The molecule has 1 N–H and O–H groups in total. The molecule has 1 heterocycles. The van der Waals surface area contributed by atoms with Gasteiger partial charge in [0, 0.05) is 44.7 Å². The van der Waals surface area contributed by atoms with E-state index in [0.29, 0.717) is 6.61 Å². The fraction of sp³-hybridized carbons (Fsp3) is 1.00. The first-order valence-electron chi connectivity index (χ1n) is 7.73. The molecule has 1 aliphatic heterocycles. The van der Waals surface area contributed by atoms with E-state index in [9.17, 15) is 5.11 Å². The van der Waals surface area contributed by atoms with Crippen LogP contribution in [0.4, 0.5) is 0 Å². The summed E-state index contributed by atoms with van der Waals surface area (Å²) in [5.41, 5.74) is 0.209. The first-order chi connectivity index (χ1) is 8.67. The Morgan fingerprint density at radius 3 is 2.11 bits per heavy atom. The Labute approximate surface area is 112 Å². The molecule has 0 atom stereocenters. The molecule has 0 aromatic heterocycles. The predicted molar refractivity (Wildman–Crippen MR) is 75.7 cm³/mol. The van der Waals surface area contributed by atoms with Crippen molar-refractivity contribution in [3.63, 3.8) is 0 Å². The van der Waals surface area contributed by atoms with Crippen LogP contribution in [-0.4, -0.2) is 60.8 Å². The molecule has 18 heavy (non-hydrogen) atoms. The molecule has 0 bridgehead atoms. The monoisotopic (exact) mass is 254 g/mol. The van der Waals surface area contributed by atoms with E-state index in [2.05, 4.69) is 23.6 Å². The molecule has 0 spiro atoms.